The maximum Gasteiger partial charge on any atom is 0.133 e. The Balaban J connectivity index is 1.51. The van der Waals surface area contributed by atoms with Crippen LogP contribution in [-0.4, -0.2) is 39.0 Å². The van der Waals surface area contributed by atoms with Gasteiger partial charge in [0.25, 0.3) is 0 Å². The van der Waals surface area contributed by atoms with Crippen molar-refractivity contribution in [3.63, 3.8) is 0 Å². The number of aryl methyl sites for hydroxylation is 2. The number of hydrogen-bond acceptors (Lipinski definition) is 6. The Labute approximate surface area is 141 Å². The Morgan fingerprint density at radius 3 is 2.74 bits per heavy atom. The van der Waals surface area contributed by atoms with E-state index in [0.717, 1.165) is 49.1 Å². The lowest BCUT2D eigenvalue weighted by Crippen LogP contribution is -2.26. The highest BCUT2D eigenvalue weighted by Gasteiger charge is 2.25. The minimum absolute atomic E-state index is 0.630. The third-order valence-corrected chi connectivity index (χ3v) is 5.34. The third kappa shape index (κ3) is 3.53. The molecule has 0 aromatic carbocycles. The molecule has 1 fully saturated rings. The summed E-state index contributed by atoms with van der Waals surface area (Å²) in [7, 11) is 0. The monoisotopic (exact) mass is 329 g/mol. The first-order valence-corrected chi connectivity index (χ1v) is 9.31. The van der Waals surface area contributed by atoms with E-state index in [-0.39, 0.29) is 0 Å². The van der Waals surface area contributed by atoms with Crippen molar-refractivity contribution in [2.75, 3.05) is 18.4 Å². The molecule has 2 aliphatic rings. The molecule has 0 unspecified atom stereocenters. The summed E-state index contributed by atoms with van der Waals surface area (Å²) in [5.74, 6) is 1.97. The zero-order chi connectivity index (χ0) is 15.8. The summed E-state index contributed by atoms with van der Waals surface area (Å²) in [5, 5.41) is 6.93. The Morgan fingerprint density at radius 1 is 1.17 bits per heavy atom. The highest BCUT2D eigenvalue weighted by Crippen LogP contribution is 2.28. The van der Waals surface area contributed by atoms with Gasteiger partial charge in [-0.1, -0.05) is 0 Å². The maximum atomic E-state index is 4.72. The van der Waals surface area contributed by atoms with Crippen molar-refractivity contribution in [3.05, 3.63) is 33.2 Å². The van der Waals surface area contributed by atoms with Crippen LogP contribution in [0.15, 0.2) is 5.38 Å². The third-order valence-electron chi connectivity index (χ3n) is 4.52. The molecular weight excluding hydrogens is 306 g/mol. The Hall–Kier alpha value is -1.53. The Morgan fingerprint density at radius 2 is 2.00 bits per heavy atom. The number of anilines is 1. The van der Waals surface area contributed by atoms with E-state index in [9.17, 15) is 0 Å². The van der Waals surface area contributed by atoms with E-state index in [4.69, 9.17) is 4.98 Å². The van der Waals surface area contributed by atoms with Gasteiger partial charge in [-0.2, -0.15) is 0 Å². The van der Waals surface area contributed by atoms with Gasteiger partial charge in [0.05, 0.1) is 16.4 Å². The van der Waals surface area contributed by atoms with Crippen molar-refractivity contribution in [1.29, 1.82) is 0 Å². The number of nitrogens with zero attached hydrogens (tertiary/aromatic N) is 4. The molecule has 6 heteroatoms. The quantitative estimate of drug-likeness (QED) is 0.935. The zero-order valence-electron chi connectivity index (χ0n) is 13.8. The first-order valence-electron chi connectivity index (χ1n) is 8.43. The smallest absolute Gasteiger partial charge is 0.133 e. The van der Waals surface area contributed by atoms with Crippen LogP contribution in [0, 0.1) is 13.8 Å². The van der Waals surface area contributed by atoms with Gasteiger partial charge in [-0.15, -0.1) is 11.3 Å². The van der Waals surface area contributed by atoms with Crippen molar-refractivity contribution in [2.24, 2.45) is 0 Å². The number of nitrogens with one attached hydrogen (secondary N) is 1. The number of rotatable bonds is 4. The van der Waals surface area contributed by atoms with Crippen molar-refractivity contribution in [3.8, 4) is 0 Å². The molecule has 0 atom stereocenters. The van der Waals surface area contributed by atoms with Gasteiger partial charge >= 0.3 is 0 Å². The van der Waals surface area contributed by atoms with E-state index in [1.807, 2.05) is 6.92 Å². The average molecular weight is 329 g/mol. The lowest BCUT2D eigenvalue weighted by atomic mass is 10.1. The molecule has 0 spiro atoms. The highest BCUT2D eigenvalue weighted by molar-refractivity contribution is 7.09. The topological polar surface area (TPSA) is 53.9 Å². The van der Waals surface area contributed by atoms with E-state index in [0.29, 0.717) is 6.04 Å². The lowest BCUT2D eigenvalue weighted by molar-refractivity contribution is 0.276. The van der Waals surface area contributed by atoms with Crippen molar-refractivity contribution < 1.29 is 0 Å². The molecule has 0 saturated heterocycles. The fraction of sp³-hybridized carbons (Fsp3) is 0.588. The second-order valence-electron chi connectivity index (χ2n) is 6.60. The lowest BCUT2D eigenvalue weighted by Gasteiger charge is -2.18. The fourth-order valence-electron chi connectivity index (χ4n) is 3.18. The zero-order valence-corrected chi connectivity index (χ0v) is 14.6. The number of thiazole rings is 1. The second kappa shape index (κ2) is 6.17. The van der Waals surface area contributed by atoms with Crippen LogP contribution in [-0.2, 0) is 19.4 Å². The molecule has 23 heavy (non-hydrogen) atoms. The van der Waals surface area contributed by atoms with Gasteiger partial charge in [0.1, 0.15) is 11.6 Å². The molecule has 1 saturated carbocycles. The summed E-state index contributed by atoms with van der Waals surface area (Å²) in [5.41, 5.74) is 3.76. The molecular formula is C17H23N5S. The summed E-state index contributed by atoms with van der Waals surface area (Å²) in [6.07, 6.45) is 4.56. The second-order valence-corrected chi connectivity index (χ2v) is 7.66. The van der Waals surface area contributed by atoms with Crippen LogP contribution < -0.4 is 5.32 Å². The van der Waals surface area contributed by atoms with Crippen LogP contribution >= 0.6 is 11.3 Å². The van der Waals surface area contributed by atoms with Gasteiger partial charge in [-0.05, 0) is 33.1 Å². The van der Waals surface area contributed by atoms with Gasteiger partial charge in [-0.3, -0.25) is 4.90 Å². The molecule has 0 bridgehead atoms. The Bertz CT molecular complexity index is 707. The molecule has 5 nitrogen and oxygen atoms in total. The van der Waals surface area contributed by atoms with Gasteiger partial charge in [0.2, 0.25) is 0 Å². The minimum Gasteiger partial charge on any atom is -0.367 e. The molecule has 3 heterocycles. The van der Waals surface area contributed by atoms with E-state index < -0.39 is 0 Å². The molecule has 0 amide bonds. The van der Waals surface area contributed by atoms with E-state index in [1.165, 1.54) is 29.8 Å². The molecule has 1 N–H and O–H groups in total. The normalized spacial score (nSPS) is 18.5. The SMILES string of the molecule is Cc1nc2c(c(NC3CC3)n1)CCN(Cc1csc(C)n1)CC2. The van der Waals surface area contributed by atoms with E-state index in [2.05, 4.69) is 32.5 Å². The number of fused-ring (bicyclic) bond motifs is 1. The van der Waals surface area contributed by atoms with Gasteiger partial charge in [0.15, 0.2) is 0 Å². The average Bonchev–Trinajstić information content (AvgIpc) is 3.26. The van der Waals surface area contributed by atoms with Crippen LogP contribution in [0.4, 0.5) is 5.82 Å². The molecule has 1 aliphatic carbocycles. The minimum atomic E-state index is 0.630. The molecule has 2 aromatic rings. The van der Waals surface area contributed by atoms with Crippen LogP contribution in [0.2, 0.25) is 0 Å². The molecule has 122 valence electrons. The van der Waals surface area contributed by atoms with Crippen LogP contribution in [0.3, 0.4) is 0 Å². The first-order chi connectivity index (χ1) is 11.2. The fourth-order valence-corrected chi connectivity index (χ4v) is 3.78. The highest BCUT2D eigenvalue weighted by atomic mass is 32.1. The maximum absolute atomic E-state index is 4.72. The standard InChI is InChI=1S/C17H23N5S/c1-11-18-16-6-8-22(9-14-10-23-12(2)20-14)7-5-15(16)17(19-11)21-13-3-4-13/h10,13H,3-9H2,1-2H3,(H,18,19,21). The largest absolute Gasteiger partial charge is 0.367 e. The summed E-state index contributed by atoms with van der Waals surface area (Å²) < 4.78 is 0. The Kier molecular flexibility index (Phi) is 4.03. The van der Waals surface area contributed by atoms with Crippen LogP contribution in [0.5, 0.6) is 0 Å². The van der Waals surface area contributed by atoms with Crippen LogP contribution in [0.1, 0.15) is 40.6 Å². The van der Waals surface area contributed by atoms with E-state index in [1.54, 1.807) is 11.3 Å². The van der Waals surface area contributed by atoms with Crippen LogP contribution in [0.25, 0.3) is 0 Å². The number of hydrogen-bond donors (Lipinski definition) is 1. The van der Waals surface area contributed by atoms with Gasteiger partial charge in [-0.25, -0.2) is 15.0 Å². The molecule has 1 aliphatic heterocycles. The van der Waals surface area contributed by atoms with E-state index >= 15 is 0 Å². The predicted octanol–water partition coefficient (Wildman–Crippen LogP) is 2.73. The first kappa shape index (κ1) is 15.0. The van der Waals surface area contributed by atoms with Gasteiger partial charge in [0, 0.05) is 43.0 Å². The predicted molar refractivity (Wildman–Crippen MR) is 92.9 cm³/mol. The summed E-state index contributed by atoms with van der Waals surface area (Å²) in [4.78, 5) is 16.5. The molecule has 4 rings (SSSR count). The number of aromatic nitrogens is 3. The summed E-state index contributed by atoms with van der Waals surface area (Å²) >= 11 is 1.73. The molecule has 2 aromatic heterocycles. The summed E-state index contributed by atoms with van der Waals surface area (Å²) in [6.45, 7) is 7.11. The molecule has 0 radical (unpaired) electrons. The van der Waals surface area contributed by atoms with Gasteiger partial charge < -0.3 is 5.32 Å². The summed E-state index contributed by atoms with van der Waals surface area (Å²) in [6, 6.07) is 0.630. The van der Waals surface area contributed by atoms with Crippen molar-refractivity contribution >= 4 is 17.2 Å². The van der Waals surface area contributed by atoms with Crippen molar-refractivity contribution in [1.82, 2.24) is 19.9 Å². The van der Waals surface area contributed by atoms with Crippen molar-refractivity contribution in [2.45, 2.75) is 52.1 Å².